The fraction of sp³-hybridized carbons (Fsp3) is 0.417. The first-order valence-electron chi connectivity index (χ1n) is 5.45. The van der Waals surface area contributed by atoms with E-state index in [-0.39, 0.29) is 40.7 Å². The first-order chi connectivity index (χ1) is 9.04. The van der Waals surface area contributed by atoms with E-state index in [9.17, 15) is 13.6 Å². The Balaban J connectivity index is 3.31. The van der Waals surface area contributed by atoms with Crippen LogP contribution in [0.4, 0.5) is 8.78 Å². The van der Waals surface area contributed by atoms with Crippen LogP contribution in [-0.2, 0) is 21.3 Å². The molecule has 19 heavy (non-hydrogen) atoms. The van der Waals surface area contributed by atoms with Crippen molar-refractivity contribution in [2.45, 2.75) is 25.1 Å². The summed E-state index contributed by atoms with van der Waals surface area (Å²) in [6.45, 7) is 1.77. The number of ether oxygens (including phenoxy) is 1. The zero-order chi connectivity index (χ0) is 14.4. The van der Waals surface area contributed by atoms with Crippen molar-refractivity contribution in [1.29, 1.82) is 5.26 Å². The Morgan fingerprint density at radius 2 is 2.32 bits per heavy atom. The van der Waals surface area contributed by atoms with E-state index in [1.54, 1.807) is 13.0 Å². The number of pyridine rings is 1. The van der Waals surface area contributed by atoms with Gasteiger partial charge in [0, 0.05) is 17.1 Å². The van der Waals surface area contributed by atoms with Crippen LogP contribution in [0.25, 0.3) is 0 Å². The maximum absolute atomic E-state index is 13.1. The largest absolute Gasteiger partial charge is 0.466 e. The molecule has 1 rings (SSSR count). The molecule has 0 aliphatic carbocycles. The van der Waals surface area contributed by atoms with Crippen molar-refractivity contribution in [3.8, 4) is 6.07 Å². The van der Waals surface area contributed by atoms with Crippen LogP contribution in [0.15, 0.2) is 6.20 Å². The van der Waals surface area contributed by atoms with Gasteiger partial charge < -0.3 is 4.74 Å². The lowest BCUT2D eigenvalue weighted by molar-refractivity contribution is -0.142. The van der Waals surface area contributed by atoms with Gasteiger partial charge in [-0.05, 0) is 12.5 Å². The standard InChI is InChI=1S/C12H11BrF2N2O2/c1-2-19-10(18)3-8-7(5-16)6-17-9(4-13)11(8)12(14)15/h6,12H,2-4H2,1H3. The van der Waals surface area contributed by atoms with Crippen LogP contribution < -0.4 is 0 Å². The van der Waals surface area contributed by atoms with Gasteiger partial charge in [-0.25, -0.2) is 8.78 Å². The molecule has 0 spiro atoms. The summed E-state index contributed by atoms with van der Waals surface area (Å²) in [4.78, 5) is 15.2. The molecule has 1 aromatic rings. The maximum atomic E-state index is 13.1. The van der Waals surface area contributed by atoms with Crippen LogP contribution in [0.3, 0.4) is 0 Å². The molecule has 1 aromatic heterocycles. The average molecular weight is 333 g/mol. The summed E-state index contributed by atoms with van der Waals surface area (Å²) in [5.74, 6) is -0.646. The zero-order valence-corrected chi connectivity index (χ0v) is 11.7. The van der Waals surface area contributed by atoms with Gasteiger partial charge in [0.1, 0.15) is 6.07 Å². The maximum Gasteiger partial charge on any atom is 0.310 e. The van der Waals surface area contributed by atoms with E-state index in [4.69, 9.17) is 10.00 Å². The number of carbonyl (C=O) groups is 1. The number of carbonyl (C=O) groups excluding carboxylic acids is 1. The van der Waals surface area contributed by atoms with E-state index in [1.165, 1.54) is 6.20 Å². The molecule has 0 aromatic carbocycles. The summed E-state index contributed by atoms with van der Waals surface area (Å²) in [6, 6.07) is 1.77. The SMILES string of the molecule is CCOC(=O)Cc1c(C#N)cnc(CBr)c1C(F)F. The average Bonchev–Trinajstić information content (AvgIpc) is 2.37. The molecule has 0 fully saturated rings. The predicted octanol–water partition coefficient (Wildman–Crippen LogP) is 2.89. The van der Waals surface area contributed by atoms with Crippen molar-refractivity contribution in [3.05, 3.63) is 28.6 Å². The molecule has 0 N–H and O–H groups in total. The number of nitriles is 1. The van der Waals surface area contributed by atoms with Gasteiger partial charge in [-0.2, -0.15) is 5.26 Å². The van der Waals surface area contributed by atoms with Gasteiger partial charge in [0.15, 0.2) is 0 Å². The van der Waals surface area contributed by atoms with Gasteiger partial charge in [-0.15, -0.1) is 0 Å². The molecule has 0 aliphatic heterocycles. The Morgan fingerprint density at radius 1 is 1.63 bits per heavy atom. The predicted molar refractivity (Wildman–Crippen MR) is 66.9 cm³/mol. The van der Waals surface area contributed by atoms with E-state index in [2.05, 4.69) is 20.9 Å². The van der Waals surface area contributed by atoms with Crippen LogP contribution in [0.2, 0.25) is 0 Å². The summed E-state index contributed by atoms with van der Waals surface area (Å²) in [6.07, 6.45) is -1.98. The lowest BCUT2D eigenvalue weighted by Crippen LogP contribution is -2.13. The third-order valence-electron chi connectivity index (χ3n) is 2.40. The molecular formula is C12H11BrF2N2O2. The third-order valence-corrected chi connectivity index (χ3v) is 2.93. The highest BCUT2D eigenvalue weighted by atomic mass is 79.9. The van der Waals surface area contributed by atoms with E-state index in [0.29, 0.717) is 0 Å². The van der Waals surface area contributed by atoms with Gasteiger partial charge in [0.05, 0.1) is 24.3 Å². The fourth-order valence-corrected chi connectivity index (χ4v) is 2.06. The highest BCUT2D eigenvalue weighted by Gasteiger charge is 2.23. The van der Waals surface area contributed by atoms with E-state index in [0.717, 1.165) is 0 Å². The number of nitrogens with zero attached hydrogens (tertiary/aromatic N) is 2. The van der Waals surface area contributed by atoms with Crippen LogP contribution in [0, 0.1) is 11.3 Å². The minimum Gasteiger partial charge on any atom is -0.466 e. The molecule has 0 amide bonds. The van der Waals surface area contributed by atoms with Crippen LogP contribution >= 0.6 is 15.9 Å². The summed E-state index contributed by atoms with van der Waals surface area (Å²) in [7, 11) is 0. The summed E-state index contributed by atoms with van der Waals surface area (Å²) in [5.41, 5.74) is -0.300. The van der Waals surface area contributed by atoms with Gasteiger partial charge in [-0.1, -0.05) is 15.9 Å². The third kappa shape index (κ3) is 3.70. The number of esters is 1. The second kappa shape index (κ2) is 7.14. The Hall–Kier alpha value is -1.55. The zero-order valence-electron chi connectivity index (χ0n) is 10.1. The second-order valence-corrected chi connectivity index (χ2v) is 4.10. The lowest BCUT2D eigenvalue weighted by Gasteiger charge is -2.13. The number of rotatable bonds is 5. The molecule has 1 heterocycles. The Morgan fingerprint density at radius 3 is 2.79 bits per heavy atom. The van der Waals surface area contributed by atoms with E-state index < -0.39 is 12.4 Å². The van der Waals surface area contributed by atoms with E-state index >= 15 is 0 Å². The van der Waals surface area contributed by atoms with Gasteiger partial charge in [-0.3, -0.25) is 9.78 Å². The van der Waals surface area contributed by atoms with E-state index in [1.807, 2.05) is 0 Å². The molecule has 0 aliphatic rings. The summed E-state index contributed by atoms with van der Waals surface area (Å²) < 4.78 is 30.9. The highest BCUT2D eigenvalue weighted by Crippen LogP contribution is 2.29. The fourth-order valence-electron chi connectivity index (χ4n) is 1.62. The first-order valence-corrected chi connectivity index (χ1v) is 6.57. The molecule has 7 heteroatoms. The van der Waals surface area contributed by atoms with Crippen LogP contribution in [-0.4, -0.2) is 17.6 Å². The normalized spacial score (nSPS) is 10.3. The highest BCUT2D eigenvalue weighted by molar-refractivity contribution is 9.08. The monoisotopic (exact) mass is 332 g/mol. The number of hydrogen-bond donors (Lipinski definition) is 0. The van der Waals surface area contributed by atoms with Crippen molar-refractivity contribution in [3.63, 3.8) is 0 Å². The molecule has 102 valence electrons. The first kappa shape index (κ1) is 15.5. The van der Waals surface area contributed by atoms with Crippen LogP contribution in [0.5, 0.6) is 0 Å². The van der Waals surface area contributed by atoms with Crippen molar-refractivity contribution in [2.75, 3.05) is 6.61 Å². The minimum atomic E-state index is -2.81. The molecule has 0 radical (unpaired) electrons. The Bertz CT molecular complexity index is 515. The molecule has 4 nitrogen and oxygen atoms in total. The van der Waals surface area contributed by atoms with Gasteiger partial charge in [0.2, 0.25) is 0 Å². The summed E-state index contributed by atoms with van der Waals surface area (Å²) in [5, 5.41) is 9.05. The Labute approximate surface area is 117 Å². The molecular weight excluding hydrogens is 322 g/mol. The van der Waals surface area contributed by atoms with Crippen molar-refractivity contribution >= 4 is 21.9 Å². The van der Waals surface area contributed by atoms with Crippen molar-refractivity contribution in [2.24, 2.45) is 0 Å². The number of aromatic nitrogens is 1. The van der Waals surface area contributed by atoms with Crippen LogP contribution in [0.1, 0.15) is 35.7 Å². The number of halogens is 3. The topological polar surface area (TPSA) is 63.0 Å². The second-order valence-electron chi connectivity index (χ2n) is 3.54. The van der Waals surface area contributed by atoms with Gasteiger partial charge in [0.25, 0.3) is 6.43 Å². The molecule has 0 atom stereocenters. The smallest absolute Gasteiger partial charge is 0.310 e. The molecule has 0 bridgehead atoms. The minimum absolute atomic E-state index is 0.0135. The Kier molecular flexibility index (Phi) is 5.83. The van der Waals surface area contributed by atoms with Crippen molar-refractivity contribution < 1.29 is 18.3 Å². The molecule has 0 saturated carbocycles. The van der Waals surface area contributed by atoms with Gasteiger partial charge >= 0.3 is 5.97 Å². The summed E-state index contributed by atoms with van der Waals surface area (Å²) >= 11 is 3.06. The quantitative estimate of drug-likeness (QED) is 0.614. The molecule has 0 unspecified atom stereocenters. The number of hydrogen-bond acceptors (Lipinski definition) is 4. The molecule has 0 saturated heterocycles. The van der Waals surface area contributed by atoms with Crippen molar-refractivity contribution in [1.82, 2.24) is 4.98 Å². The number of alkyl halides is 3. The lowest BCUT2D eigenvalue weighted by atomic mass is 9.99.